The smallest absolute Gasteiger partial charge is 0.340 e. The molecule has 0 saturated heterocycles. The molecule has 96 valence electrons. The van der Waals surface area contributed by atoms with Crippen LogP contribution in [0, 0.1) is 6.92 Å². The number of oxazole rings is 1. The number of esters is 1. The number of para-hydroxylation sites is 1. The standard InChI is InChI=1S/C13H11N3O3/c1-7-11(19-6-14-7)12-15-9-5-3-4-8(10(9)16-12)13(17)18-2/h3-6H,1-2H3,(H,15,16). The summed E-state index contributed by atoms with van der Waals surface area (Å²) >= 11 is 0. The highest BCUT2D eigenvalue weighted by Crippen LogP contribution is 2.24. The molecule has 0 radical (unpaired) electrons. The van der Waals surface area contributed by atoms with Gasteiger partial charge in [0.15, 0.2) is 18.0 Å². The number of aryl methyl sites for hydroxylation is 1. The monoisotopic (exact) mass is 257 g/mol. The molecule has 0 fully saturated rings. The average Bonchev–Trinajstić information content (AvgIpc) is 3.02. The molecule has 0 aliphatic rings. The van der Waals surface area contributed by atoms with Crippen LogP contribution in [0.15, 0.2) is 29.0 Å². The third kappa shape index (κ3) is 1.77. The summed E-state index contributed by atoms with van der Waals surface area (Å²) in [7, 11) is 1.34. The average molecular weight is 257 g/mol. The first-order valence-corrected chi connectivity index (χ1v) is 5.68. The molecule has 0 bridgehead atoms. The Labute approximate surface area is 108 Å². The maximum absolute atomic E-state index is 11.7. The molecular weight excluding hydrogens is 246 g/mol. The van der Waals surface area contributed by atoms with Crippen molar-refractivity contribution in [3.63, 3.8) is 0 Å². The van der Waals surface area contributed by atoms with E-state index in [2.05, 4.69) is 15.0 Å². The first kappa shape index (κ1) is 11.5. The van der Waals surface area contributed by atoms with E-state index in [1.54, 1.807) is 12.1 Å². The zero-order valence-electron chi connectivity index (χ0n) is 10.4. The Balaban J connectivity index is 2.21. The summed E-state index contributed by atoms with van der Waals surface area (Å²) in [6, 6.07) is 5.28. The van der Waals surface area contributed by atoms with Gasteiger partial charge in [-0.25, -0.2) is 14.8 Å². The molecule has 0 atom stereocenters. The molecule has 0 amide bonds. The van der Waals surface area contributed by atoms with E-state index >= 15 is 0 Å². The third-order valence-electron chi connectivity index (χ3n) is 2.88. The van der Waals surface area contributed by atoms with E-state index in [1.165, 1.54) is 13.5 Å². The number of fused-ring (bicyclic) bond motifs is 1. The zero-order valence-corrected chi connectivity index (χ0v) is 10.4. The van der Waals surface area contributed by atoms with Gasteiger partial charge in [-0.2, -0.15) is 0 Å². The highest BCUT2D eigenvalue weighted by molar-refractivity contribution is 6.02. The molecule has 0 aliphatic heterocycles. The molecule has 3 aromatic rings. The minimum atomic E-state index is -0.419. The number of ether oxygens (including phenoxy) is 1. The van der Waals surface area contributed by atoms with Crippen molar-refractivity contribution >= 4 is 17.0 Å². The Morgan fingerprint density at radius 1 is 1.42 bits per heavy atom. The molecule has 1 aromatic carbocycles. The predicted octanol–water partition coefficient (Wildman–Crippen LogP) is 2.31. The quantitative estimate of drug-likeness (QED) is 0.712. The van der Waals surface area contributed by atoms with E-state index in [4.69, 9.17) is 9.15 Å². The van der Waals surface area contributed by atoms with Gasteiger partial charge in [-0.3, -0.25) is 0 Å². The first-order valence-electron chi connectivity index (χ1n) is 5.68. The van der Waals surface area contributed by atoms with E-state index in [0.29, 0.717) is 22.7 Å². The van der Waals surface area contributed by atoms with Crippen molar-refractivity contribution in [3.05, 3.63) is 35.9 Å². The lowest BCUT2D eigenvalue weighted by Crippen LogP contribution is -2.01. The SMILES string of the molecule is COC(=O)c1cccc2[nH]c(-c3ocnc3C)nc12. The van der Waals surface area contributed by atoms with Gasteiger partial charge in [0.05, 0.1) is 23.9 Å². The number of nitrogens with one attached hydrogen (secondary N) is 1. The van der Waals surface area contributed by atoms with Crippen LogP contribution in [-0.2, 0) is 4.74 Å². The Morgan fingerprint density at radius 2 is 2.26 bits per heavy atom. The van der Waals surface area contributed by atoms with Gasteiger partial charge in [-0.05, 0) is 19.1 Å². The number of H-pyrrole nitrogens is 1. The Bertz CT molecular complexity index is 757. The summed E-state index contributed by atoms with van der Waals surface area (Å²) in [6.45, 7) is 1.83. The minimum Gasteiger partial charge on any atom is -0.465 e. The number of carbonyl (C=O) groups excluding carboxylic acids is 1. The normalized spacial score (nSPS) is 10.8. The number of hydrogen-bond acceptors (Lipinski definition) is 5. The lowest BCUT2D eigenvalue weighted by molar-refractivity contribution is 0.0603. The highest BCUT2D eigenvalue weighted by atomic mass is 16.5. The van der Waals surface area contributed by atoms with Crippen LogP contribution in [0.1, 0.15) is 16.1 Å². The number of methoxy groups -OCH3 is 1. The summed E-state index contributed by atoms with van der Waals surface area (Å²) in [5.74, 6) is 0.686. The van der Waals surface area contributed by atoms with Crippen molar-refractivity contribution in [2.75, 3.05) is 7.11 Å². The van der Waals surface area contributed by atoms with Gasteiger partial charge in [0, 0.05) is 0 Å². The largest absolute Gasteiger partial charge is 0.465 e. The van der Waals surface area contributed by atoms with E-state index in [9.17, 15) is 4.79 Å². The molecule has 0 aliphatic carbocycles. The van der Waals surface area contributed by atoms with Gasteiger partial charge in [-0.15, -0.1) is 0 Å². The fourth-order valence-electron chi connectivity index (χ4n) is 1.94. The van der Waals surface area contributed by atoms with Crippen LogP contribution < -0.4 is 0 Å². The summed E-state index contributed by atoms with van der Waals surface area (Å²) < 4.78 is 10.0. The van der Waals surface area contributed by atoms with Gasteiger partial charge in [-0.1, -0.05) is 6.07 Å². The second kappa shape index (κ2) is 4.24. The van der Waals surface area contributed by atoms with Crippen LogP contribution in [0.5, 0.6) is 0 Å². The van der Waals surface area contributed by atoms with Crippen molar-refractivity contribution in [2.45, 2.75) is 6.92 Å². The first-order chi connectivity index (χ1) is 9.20. The maximum atomic E-state index is 11.7. The zero-order chi connectivity index (χ0) is 13.4. The molecule has 1 N–H and O–H groups in total. The number of benzene rings is 1. The van der Waals surface area contributed by atoms with Crippen molar-refractivity contribution in [2.24, 2.45) is 0 Å². The molecule has 19 heavy (non-hydrogen) atoms. The highest BCUT2D eigenvalue weighted by Gasteiger charge is 2.17. The molecular formula is C13H11N3O3. The Hall–Kier alpha value is -2.63. The van der Waals surface area contributed by atoms with Gasteiger partial charge in [0.1, 0.15) is 5.52 Å². The molecule has 0 spiro atoms. The van der Waals surface area contributed by atoms with Gasteiger partial charge in [0.2, 0.25) is 0 Å². The maximum Gasteiger partial charge on any atom is 0.340 e. The number of hydrogen-bond donors (Lipinski definition) is 1. The third-order valence-corrected chi connectivity index (χ3v) is 2.88. The van der Waals surface area contributed by atoms with Crippen LogP contribution in [0.4, 0.5) is 0 Å². The number of aromatic nitrogens is 3. The second-order valence-corrected chi connectivity index (χ2v) is 4.05. The Morgan fingerprint density at radius 3 is 2.95 bits per heavy atom. The van der Waals surface area contributed by atoms with Crippen molar-refractivity contribution in [1.29, 1.82) is 0 Å². The van der Waals surface area contributed by atoms with Crippen LogP contribution in [0.3, 0.4) is 0 Å². The Kier molecular flexibility index (Phi) is 2.56. The number of imidazole rings is 1. The topological polar surface area (TPSA) is 81.0 Å². The fourth-order valence-corrected chi connectivity index (χ4v) is 1.94. The number of rotatable bonds is 2. The van der Waals surface area contributed by atoms with E-state index in [-0.39, 0.29) is 0 Å². The van der Waals surface area contributed by atoms with Crippen LogP contribution in [-0.4, -0.2) is 28.0 Å². The molecule has 0 unspecified atom stereocenters. The molecule has 2 aromatic heterocycles. The van der Waals surface area contributed by atoms with Crippen LogP contribution in [0.2, 0.25) is 0 Å². The number of nitrogens with zero attached hydrogens (tertiary/aromatic N) is 2. The number of aromatic amines is 1. The molecule has 6 heteroatoms. The minimum absolute atomic E-state index is 0.416. The second-order valence-electron chi connectivity index (χ2n) is 4.05. The molecule has 2 heterocycles. The predicted molar refractivity (Wildman–Crippen MR) is 67.7 cm³/mol. The summed E-state index contributed by atoms with van der Waals surface area (Å²) in [5.41, 5.74) is 2.45. The van der Waals surface area contributed by atoms with Crippen molar-refractivity contribution < 1.29 is 13.9 Å². The van der Waals surface area contributed by atoms with Gasteiger partial charge in [0.25, 0.3) is 0 Å². The summed E-state index contributed by atoms with van der Waals surface area (Å²) in [6.07, 6.45) is 1.36. The van der Waals surface area contributed by atoms with Crippen LogP contribution >= 0.6 is 0 Å². The lowest BCUT2D eigenvalue weighted by atomic mass is 10.2. The fraction of sp³-hybridized carbons (Fsp3) is 0.154. The van der Waals surface area contributed by atoms with E-state index < -0.39 is 5.97 Å². The summed E-state index contributed by atoms with van der Waals surface area (Å²) in [5, 5.41) is 0. The number of carbonyl (C=O) groups is 1. The molecule has 0 saturated carbocycles. The van der Waals surface area contributed by atoms with Crippen molar-refractivity contribution in [1.82, 2.24) is 15.0 Å². The van der Waals surface area contributed by atoms with Crippen molar-refractivity contribution in [3.8, 4) is 11.6 Å². The van der Waals surface area contributed by atoms with Crippen LogP contribution in [0.25, 0.3) is 22.6 Å². The molecule has 6 nitrogen and oxygen atoms in total. The van der Waals surface area contributed by atoms with Gasteiger partial charge >= 0.3 is 5.97 Å². The van der Waals surface area contributed by atoms with E-state index in [1.807, 2.05) is 13.0 Å². The summed E-state index contributed by atoms with van der Waals surface area (Å²) in [4.78, 5) is 23.2. The molecule has 3 rings (SSSR count). The van der Waals surface area contributed by atoms with E-state index in [0.717, 1.165) is 11.2 Å². The van der Waals surface area contributed by atoms with Gasteiger partial charge < -0.3 is 14.1 Å². The lowest BCUT2D eigenvalue weighted by Gasteiger charge is -1.98.